The van der Waals surface area contributed by atoms with Gasteiger partial charge in [-0.2, -0.15) is 0 Å². The van der Waals surface area contributed by atoms with Crippen molar-refractivity contribution in [3.05, 3.63) is 72.2 Å². The first-order valence-corrected chi connectivity index (χ1v) is 11.5. The summed E-state index contributed by atoms with van der Waals surface area (Å²) in [4.78, 5) is 12.1. The molecule has 1 aliphatic rings. The molecule has 7 heteroatoms. The van der Waals surface area contributed by atoms with Crippen LogP contribution in [0.15, 0.2) is 65.9 Å². The second kappa shape index (κ2) is 12.2. The molecule has 1 saturated heterocycles. The number of imidazole rings is 1. The highest BCUT2D eigenvalue weighted by molar-refractivity contribution is 14.0. The van der Waals surface area contributed by atoms with Gasteiger partial charge in [0.25, 0.3) is 0 Å². The molecule has 6 nitrogen and oxygen atoms in total. The number of guanidine groups is 1. The van der Waals surface area contributed by atoms with Gasteiger partial charge in [-0.3, -0.25) is 9.89 Å². The fourth-order valence-corrected chi connectivity index (χ4v) is 4.31. The Labute approximate surface area is 208 Å². The van der Waals surface area contributed by atoms with Crippen molar-refractivity contribution in [2.45, 2.75) is 51.7 Å². The van der Waals surface area contributed by atoms with Gasteiger partial charge in [-0.1, -0.05) is 36.4 Å². The van der Waals surface area contributed by atoms with Crippen molar-refractivity contribution in [3.63, 3.8) is 0 Å². The maximum atomic E-state index is 4.82. The normalized spacial score (nSPS) is 19.5. The third kappa shape index (κ3) is 6.68. The van der Waals surface area contributed by atoms with Gasteiger partial charge in [0, 0.05) is 57.1 Å². The van der Waals surface area contributed by atoms with Gasteiger partial charge in [0.1, 0.15) is 5.65 Å². The van der Waals surface area contributed by atoms with Crippen LogP contribution in [0.4, 0.5) is 0 Å². The van der Waals surface area contributed by atoms with Gasteiger partial charge in [-0.25, -0.2) is 4.98 Å². The second-order valence-corrected chi connectivity index (χ2v) is 8.38. The number of hydrogen-bond donors (Lipinski definition) is 2. The zero-order valence-corrected chi connectivity index (χ0v) is 21.4. The third-order valence-electron chi connectivity index (χ3n) is 5.98. The number of fused-ring (bicyclic) bond motifs is 1. The number of benzene rings is 1. The van der Waals surface area contributed by atoms with E-state index in [1.807, 2.05) is 24.4 Å². The SMILES string of the molecule is CCNC(=NCCc1cn2ccccc2n1)NC1CCN(Cc2ccccc2)C(C)C1.I. The average molecular weight is 547 g/mol. The van der Waals surface area contributed by atoms with Crippen LogP contribution in [0.1, 0.15) is 37.9 Å². The standard InChI is InChI=1S/C25H34N6.HI/c1-3-26-25(27-14-12-23-19-31-15-8-7-11-24(31)28-23)29-22-13-16-30(20(2)17-22)18-21-9-5-4-6-10-21;/h4-11,15,19-20,22H,3,12-14,16-18H2,1-2H3,(H2,26,27,29);1H. The number of likely N-dealkylation sites (tertiary alicyclic amines) is 1. The summed E-state index contributed by atoms with van der Waals surface area (Å²) < 4.78 is 2.06. The van der Waals surface area contributed by atoms with Crippen molar-refractivity contribution in [3.8, 4) is 0 Å². The van der Waals surface area contributed by atoms with Crippen LogP contribution in [0.3, 0.4) is 0 Å². The topological polar surface area (TPSA) is 57.0 Å². The molecule has 0 spiro atoms. The maximum absolute atomic E-state index is 4.82. The summed E-state index contributed by atoms with van der Waals surface area (Å²) in [7, 11) is 0. The lowest BCUT2D eigenvalue weighted by Crippen LogP contribution is -2.51. The van der Waals surface area contributed by atoms with E-state index < -0.39 is 0 Å². The molecule has 3 heterocycles. The molecule has 32 heavy (non-hydrogen) atoms. The molecule has 3 aromatic rings. The number of halogens is 1. The molecule has 172 valence electrons. The fraction of sp³-hybridized carbons (Fsp3) is 0.440. The summed E-state index contributed by atoms with van der Waals surface area (Å²) in [5.74, 6) is 0.917. The van der Waals surface area contributed by atoms with E-state index in [2.05, 4.69) is 75.3 Å². The highest BCUT2D eigenvalue weighted by atomic mass is 127. The van der Waals surface area contributed by atoms with Crippen LogP contribution < -0.4 is 10.6 Å². The van der Waals surface area contributed by atoms with Crippen LogP contribution in [0.5, 0.6) is 0 Å². The van der Waals surface area contributed by atoms with Crippen molar-refractivity contribution < 1.29 is 0 Å². The van der Waals surface area contributed by atoms with Gasteiger partial charge in [0.05, 0.1) is 5.69 Å². The number of rotatable bonds is 7. The second-order valence-electron chi connectivity index (χ2n) is 8.38. The molecular formula is C25H35IN6. The monoisotopic (exact) mass is 546 g/mol. The zero-order valence-electron chi connectivity index (χ0n) is 19.1. The predicted octanol–water partition coefficient (Wildman–Crippen LogP) is 4.10. The number of aromatic nitrogens is 2. The highest BCUT2D eigenvalue weighted by Gasteiger charge is 2.25. The van der Waals surface area contributed by atoms with Crippen molar-refractivity contribution in [1.29, 1.82) is 0 Å². The van der Waals surface area contributed by atoms with E-state index in [4.69, 9.17) is 4.99 Å². The van der Waals surface area contributed by atoms with Crippen molar-refractivity contribution in [2.24, 2.45) is 4.99 Å². The molecule has 0 amide bonds. The summed E-state index contributed by atoms with van der Waals surface area (Å²) in [6, 6.07) is 17.8. The minimum Gasteiger partial charge on any atom is -0.357 e. The summed E-state index contributed by atoms with van der Waals surface area (Å²) in [5.41, 5.74) is 3.46. The van der Waals surface area contributed by atoms with Crippen LogP contribution in [0.2, 0.25) is 0 Å². The fourth-order valence-electron chi connectivity index (χ4n) is 4.31. The van der Waals surface area contributed by atoms with Gasteiger partial charge in [0.15, 0.2) is 5.96 Å². The lowest BCUT2D eigenvalue weighted by molar-refractivity contribution is 0.134. The number of nitrogens with zero attached hydrogens (tertiary/aromatic N) is 4. The molecule has 0 saturated carbocycles. The first-order chi connectivity index (χ1) is 15.2. The van der Waals surface area contributed by atoms with Gasteiger partial charge >= 0.3 is 0 Å². The summed E-state index contributed by atoms with van der Waals surface area (Å²) in [6.45, 7) is 8.18. The zero-order chi connectivity index (χ0) is 21.5. The summed E-state index contributed by atoms with van der Waals surface area (Å²) in [6.07, 6.45) is 7.23. The predicted molar refractivity (Wildman–Crippen MR) is 143 cm³/mol. The minimum atomic E-state index is 0. The first kappa shape index (κ1) is 24.5. The smallest absolute Gasteiger partial charge is 0.191 e. The summed E-state index contributed by atoms with van der Waals surface area (Å²) in [5, 5.41) is 7.08. The van der Waals surface area contributed by atoms with Crippen LogP contribution in [-0.2, 0) is 13.0 Å². The molecule has 1 aliphatic heterocycles. The molecule has 2 aromatic heterocycles. The van der Waals surface area contributed by atoms with Crippen LogP contribution in [0, 0.1) is 0 Å². The average Bonchev–Trinajstić information content (AvgIpc) is 3.19. The van der Waals surface area contributed by atoms with E-state index in [-0.39, 0.29) is 24.0 Å². The molecule has 0 bridgehead atoms. The molecule has 0 radical (unpaired) electrons. The highest BCUT2D eigenvalue weighted by Crippen LogP contribution is 2.20. The number of aliphatic imine (C=N–C) groups is 1. The van der Waals surface area contributed by atoms with Gasteiger partial charge in [-0.15, -0.1) is 24.0 Å². The molecule has 2 unspecified atom stereocenters. The lowest BCUT2D eigenvalue weighted by Gasteiger charge is -2.38. The minimum absolute atomic E-state index is 0. The van der Waals surface area contributed by atoms with E-state index in [0.717, 1.165) is 62.7 Å². The van der Waals surface area contributed by atoms with Crippen molar-refractivity contribution in [1.82, 2.24) is 24.9 Å². The molecule has 1 aromatic carbocycles. The molecule has 1 fully saturated rings. The van der Waals surface area contributed by atoms with E-state index in [1.54, 1.807) is 0 Å². The molecular weight excluding hydrogens is 511 g/mol. The quantitative estimate of drug-likeness (QED) is 0.266. The van der Waals surface area contributed by atoms with Crippen LogP contribution in [0.25, 0.3) is 5.65 Å². The Hall–Kier alpha value is -2.13. The Balaban J connectivity index is 0.00000289. The van der Waals surface area contributed by atoms with Gasteiger partial charge in [0.2, 0.25) is 0 Å². The summed E-state index contributed by atoms with van der Waals surface area (Å²) >= 11 is 0. The Bertz CT molecular complexity index is 953. The number of piperidine rings is 1. The third-order valence-corrected chi connectivity index (χ3v) is 5.98. The van der Waals surface area contributed by atoms with E-state index in [9.17, 15) is 0 Å². The molecule has 2 N–H and O–H groups in total. The Kier molecular flexibility index (Phi) is 9.35. The Morgan fingerprint density at radius 2 is 1.97 bits per heavy atom. The molecule has 4 rings (SSSR count). The van der Waals surface area contributed by atoms with Gasteiger partial charge in [-0.05, 0) is 44.4 Å². The number of pyridine rings is 1. The van der Waals surface area contributed by atoms with E-state index >= 15 is 0 Å². The lowest BCUT2D eigenvalue weighted by atomic mass is 9.97. The van der Waals surface area contributed by atoms with E-state index in [0.29, 0.717) is 12.1 Å². The Morgan fingerprint density at radius 3 is 2.72 bits per heavy atom. The number of nitrogens with one attached hydrogen (secondary N) is 2. The number of hydrogen-bond acceptors (Lipinski definition) is 3. The molecule has 2 atom stereocenters. The molecule has 0 aliphatic carbocycles. The van der Waals surface area contributed by atoms with Gasteiger partial charge < -0.3 is 15.0 Å². The van der Waals surface area contributed by atoms with Crippen LogP contribution in [-0.4, -0.2) is 52.0 Å². The van der Waals surface area contributed by atoms with E-state index in [1.165, 1.54) is 5.56 Å². The largest absolute Gasteiger partial charge is 0.357 e. The van der Waals surface area contributed by atoms with Crippen LogP contribution >= 0.6 is 24.0 Å². The van der Waals surface area contributed by atoms with Crippen molar-refractivity contribution >= 4 is 35.6 Å². The Morgan fingerprint density at radius 1 is 1.16 bits per heavy atom. The van der Waals surface area contributed by atoms with Crippen molar-refractivity contribution in [2.75, 3.05) is 19.6 Å². The maximum Gasteiger partial charge on any atom is 0.191 e. The first-order valence-electron chi connectivity index (χ1n) is 11.5.